The number of aromatic nitrogens is 1. The zero-order valence-corrected chi connectivity index (χ0v) is 17.1. The summed E-state index contributed by atoms with van der Waals surface area (Å²) in [5.74, 6) is -0.390. The normalized spacial score (nSPS) is 18.1. The fraction of sp³-hybridized carbons (Fsp3) is 0.261. The molecular weight excluding hydrogens is 396 g/mol. The van der Waals surface area contributed by atoms with Crippen molar-refractivity contribution in [2.75, 3.05) is 31.6 Å². The first-order chi connectivity index (χ1) is 15.0. The van der Waals surface area contributed by atoms with Gasteiger partial charge in [0.05, 0.1) is 6.04 Å². The standard InChI is InChI=1S/C23H22N4O4/c1-14-6-7-16(22(29)26-8-9-27-17(12-26)13-31-23(27)30)11-19(14)25-21(28)20-10-15-4-2-3-5-18(15)24-20/h2-7,10-11,17,24H,8-9,12-13H2,1H3,(H,25,28). The van der Waals surface area contributed by atoms with Gasteiger partial charge in [0.2, 0.25) is 0 Å². The lowest BCUT2D eigenvalue weighted by molar-refractivity contribution is 0.0617. The molecule has 0 saturated carbocycles. The summed E-state index contributed by atoms with van der Waals surface area (Å²) in [4.78, 5) is 44.0. The largest absolute Gasteiger partial charge is 0.447 e. The number of H-pyrrole nitrogens is 1. The van der Waals surface area contributed by atoms with Crippen LogP contribution in [0, 0.1) is 6.92 Å². The summed E-state index contributed by atoms with van der Waals surface area (Å²) in [6.45, 7) is 3.55. The molecule has 0 aliphatic carbocycles. The van der Waals surface area contributed by atoms with Crippen LogP contribution in [0.5, 0.6) is 0 Å². The zero-order valence-electron chi connectivity index (χ0n) is 17.1. The number of anilines is 1. The summed E-state index contributed by atoms with van der Waals surface area (Å²) in [5, 5.41) is 3.87. The minimum atomic E-state index is -0.311. The van der Waals surface area contributed by atoms with Crippen LogP contribution in [0.2, 0.25) is 0 Å². The number of amides is 3. The van der Waals surface area contributed by atoms with E-state index in [-0.39, 0.29) is 23.9 Å². The van der Waals surface area contributed by atoms with Crippen LogP contribution in [0.4, 0.5) is 10.5 Å². The monoisotopic (exact) mass is 418 g/mol. The van der Waals surface area contributed by atoms with Crippen LogP contribution in [-0.4, -0.2) is 65.0 Å². The van der Waals surface area contributed by atoms with E-state index in [2.05, 4.69) is 10.3 Å². The van der Waals surface area contributed by atoms with Gasteiger partial charge in [-0.05, 0) is 36.8 Å². The number of nitrogens with one attached hydrogen (secondary N) is 2. The molecule has 5 rings (SSSR count). The maximum absolute atomic E-state index is 13.1. The van der Waals surface area contributed by atoms with Gasteiger partial charge in [-0.2, -0.15) is 0 Å². The summed E-state index contributed by atoms with van der Waals surface area (Å²) >= 11 is 0. The molecule has 158 valence electrons. The molecule has 3 heterocycles. The van der Waals surface area contributed by atoms with Gasteiger partial charge in [0, 0.05) is 41.8 Å². The summed E-state index contributed by atoms with van der Waals surface area (Å²) < 4.78 is 5.07. The van der Waals surface area contributed by atoms with Gasteiger partial charge in [-0.15, -0.1) is 0 Å². The number of aryl methyl sites for hydroxylation is 1. The first kappa shape index (κ1) is 19.2. The molecule has 3 amide bonds. The molecule has 0 spiro atoms. The van der Waals surface area contributed by atoms with Crippen molar-refractivity contribution >= 4 is 34.5 Å². The minimum absolute atomic E-state index is 0.100. The van der Waals surface area contributed by atoms with Crippen molar-refractivity contribution in [1.82, 2.24) is 14.8 Å². The fourth-order valence-corrected chi connectivity index (χ4v) is 4.13. The molecule has 2 saturated heterocycles. The minimum Gasteiger partial charge on any atom is -0.447 e. The molecular formula is C23H22N4O4. The summed E-state index contributed by atoms with van der Waals surface area (Å²) in [7, 11) is 0. The van der Waals surface area contributed by atoms with E-state index in [9.17, 15) is 14.4 Å². The first-order valence-electron chi connectivity index (χ1n) is 10.2. The Balaban J connectivity index is 1.33. The van der Waals surface area contributed by atoms with Crippen molar-refractivity contribution in [2.45, 2.75) is 13.0 Å². The van der Waals surface area contributed by atoms with Gasteiger partial charge in [-0.1, -0.05) is 24.3 Å². The summed E-state index contributed by atoms with van der Waals surface area (Å²) in [6, 6.07) is 14.7. The highest BCUT2D eigenvalue weighted by atomic mass is 16.6. The SMILES string of the molecule is Cc1ccc(C(=O)N2CCN3C(=O)OCC3C2)cc1NC(=O)c1cc2ccccc2[nH]1. The Kier molecular flexibility index (Phi) is 4.62. The molecule has 2 aromatic carbocycles. The van der Waals surface area contributed by atoms with Gasteiger partial charge in [0.15, 0.2) is 0 Å². The highest BCUT2D eigenvalue weighted by Gasteiger charge is 2.38. The number of hydrogen-bond acceptors (Lipinski definition) is 4. The van der Waals surface area contributed by atoms with Crippen LogP contribution < -0.4 is 5.32 Å². The molecule has 2 aliphatic rings. The second kappa shape index (κ2) is 7.46. The quantitative estimate of drug-likeness (QED) is 0.684. The predicted molar refractivity (Wildman–Crippen MR) is 115 cm³/mol. The Morgan fingerprint density at radius 3 is 2.81 bits per heavy atom. The molecule has 2 N–H and O–H groups in total. The lowest BCUT2D eigenvalue weighted by Crippen LogP contribution is -2.53. The summed E-state index contributed by atoms with van der Waals surface area (Å²) in [6.07, 6.45) is -0.311. The van der Waals surface area contributed by atoms with E-state index in [1.807, 2.05) is 37.3 Å². The lowest BCUT2D eigenvalue weighted by Gasteiger charge is -2.35. The predicted octanol–water partition coefficient (Wildman–Crippen LogP) is 3.01. The van der Waals surface area contributed by atoms with Gasteiger partial charge in [-0.25, -0.2) is 4.79 Å². The molecule has 8 heteroatoms. The third-order valence-electron chi connectivity index (χ3n) is 5.91. The Morgan fingerprint density at radius 2 is 1.97 bits per heavy atom. The van der Waals surface area contributed by atoms with Crippen molar-refractivity contribution in [3.63, 3.8) is 0 Å². The average molecular weight is 418 g/mol. The maximum atomic E-state index is 13.1. The Bertz CT molecular complexity index is 1170. The van der Waals surface area contributed by atoms with Crippen LogP contribution >= 0.6 is 0 Å². The Labute approximate surface area is 178 Å². The van der Waals surface area contributed by atoms with Crippen LogP contribution in [0.1, 0.15) is 26.4 Å². The van der Waals surface area contributed by atoms with E-state index in [4.69, 9.17) is 4.74 Å². The number of para-hydroxylation sites is 1. The molecule has 8 nitrogen and oxygen atoms in total. The van der Waals surface area contributed by atoms with Gasteiger partial charge in [0.25, 0.3) is 11.8 Å². The van der Waals surface area contributed by atoms with Crippen LogP contribution in [-0.2, 0) is 4.74 Å². The molecule has 0 radical (unpaired) electrons. The smallest absolute Gasteiger partial charge is 0.410 e. The topological polar surface area (TPSA) is 94.7 Å². The van der Waals surface area contributed by atoms with E-state index in [1.54, 1.807) is 28.0 Å². The van der Waals surface area contributed by atoms with E-state index < -0.39 is 0 Å². The van der Waals surface area contributed by atoms with E-state index in [1.165, 1.54) is 0 Å². The number of rotatable bonds is 3. The van der Waals surface area contributed by atoms with Crippen molar-refractivity contribution in [1.29, 1.82) is 0 Å². The van der Waals surface area contributed by atoms with Crippen molar-refractivity contribution in [3.05, 3.63) is 65.4 Å². The number of carbonyl (C=O) groups is 3. The highest BCUT2D eigenvalue weighted by molar-refractivity contribution is 6.07. The number of nitrogens with zero attached hydrogens (tertiary/aromatic N) is 2. The van der Waals surface area contributed by atoms with Crippen LogP contribution in [0.3, 0.4) is 0 Å². The molecule has 1 aromatic heterocycles. The maximum Gasteiger partial charge on any atom is 0.410 e. The van der Waals surface area contributed by atoms with Crippen LogP contribution in [0.15, 0.2) is 48.5 Å². The fourth-order valence-electron chi connectivity index (χ4n) is 4.13. The molecule has 1 unspecified atom stereocenters. The van der Waals surface area contributed by atoms with Gasteiger partial charge < -0.3 is 19.9 Å². The number of fused-ring (bicyclic) bond motifs is 2. The lowest BCUT2D eigenvalue weighted by atomic mass is 10.1. The molecule has 3 aromatic rings. The number of aromatic amines is 1. The molecule has 0 bridgehead atoms. The molecule has 2 aliphatic heterocycles. The average Bonchev–Trinajstić information content (AvgIpc) is 3.38. The number of benzene rings is 2. The molecule has 31 heavy (non-hydrogen) atoms. The van der Waals surface area contributed by atoms with Gasteiger partial charge in [0.1, 0.15) is 12.3 Å². The number of cyclic esters (lactones) is 1. The van der Waals surface area contributed by atoms with E-state index >= 15 is 0 Å². The van der Waals surface area contributed by atoms with E-state index in [0.29, 0.717) is 43.2 Å². The number of hydrogen-bond donors (Lipinski definition) is 2. The van der Waals surface area contributed by atoms with Gasteiger partial charge >= 0.3 is 6.09 Å². The van der Waals surface area contributed by atoms with Crippen molar-refractivity contribution in [3.8, 4) is 0 Å². The van der Waals surface area contributed by atoms with Gasteiger partial charge in [-0.3, -0.25) is 14.5 Å². The first-order valence-corrected chi connectivity index (χ1v) is 10.2. The highest BCUT2D eigenvalue weighted by Crippen LogP contribution is 2.23. The second-order valence-electron chi connectivity index (χ2n) is 7.93. The third-order valence-corrected chi connectivity index (χ3v) is 5.91. The molecule has 2 fully saturated rings. The Hall–Kier alpha value is -3.81. The number of ether oxygens (including phenoxy) is 1. The van der Waals surface area contributed by atoms with Crippen molar-refractivity contribution < 1.29 is 19.1 Å². The van der Waals surface area contributed by atoms with Crippen LogP contribution in [0.25, 0.3) is 10.9 Å². The van der Waals surface area contributed by atoms with E-state index in [0.717, 1.165) is 16.5 Å². The second-order valence-corrected chi connectivity index (χ2v) is 7.93. The molecule has 1 atom stereocenters. The zero-order chi connectivity index (χ0) is 21.5. The number of piperazine rings is 1. The summed E-state index contributed by atoms with van der Waals surface area (Å²) in [5.41, 5.74) is 3.30. The third kappa shape index (κ3) is 3.50. The van der Waals surface area contributed by atoms with Crippen molar-refractivity contribution in [2.24, 2.45) is 0 Å². The Morgan fingerprint density at radius 1 is 1.13 bits per heavy atom. The number of carbonyl (C=O) groups excluding carboxylic acids is 3.